The average Bonchev–Trinajstić information content (AvgIpc) is 2.79. The van der Waals surface area contributed by atoms with Crippen molar-refractivity contribution in [1.29, 1.82) is 0 Å². The Morgan fingerprint density at radius 1 is 1.06 bits per heavy atom. The Labute approximate surface area is 201 Å². The minimum absolute atomic E-state index is 0.205. The van der Waals surface area contributed by atoms with Crippen molar-refractivity contribution in [2.75, 3.05) is 12.4 Å². The van der Waals surface area contributed by atoms with Crippen LogP contribution in [0.25, 0.3) is 11.1 Å². The molecule has 1 aromatic heterocycles. The molecule has 0 aliphatic heterocycles. The zero-order chi connectivity index (χ0) is 25.6. The lowest BCUT2D eigenvalue weighted by Gasteiger charge is -2.24. The number of aromatic amines is 1. The fourth-order valence-corrected chi connectivity index (χ4v) is 3.27. The number of halogens is 1. The Kier molecular flexibility index (Phi) is 7.85. The summed E-state index contributed by atoms with van der Waals surface area (Å²) in [5, 5.41) is 11.9. The third-order valence-electron chi connectivity index (χ3n) is 4.86. The number of methoxy groups -OCH3 is 1. The molecule has 10 heteroatoms. The van der Waals surface area contributed by atoms with Crippen LogP contribution in [0.4, 0.5) is 19.7 Å². The van der Waals surface area contributed by atoms with Crippen molar-refractivity contribution >= 4 is 17.9 Å². The molecule has 2 aromatic carbocycles. The van der Waals surface area contributed by atoms with Crippen molar-refractivity contribution < 1.29 is 23.5 Å². The maximum Gasteiger partial charge on any atom is 0.411 e. The summed E-state index contributed by atoms with van der Waals surface area (Å²) >= 11 is 0. The zero-order valence-electron chi connectivity index (χ0n) is 19.8. The SMILES string of the molecule is COC(=O)Nc1ccc(-c2cc(C[C@H](NC(=O)OC(C)(C)C)c3ccc(F)cc3)n[nH]c2=O)cc1. The number of anilines is 1. The molecule has 0 bridgehead atoms. The van der Waals surface area contributed by atoms with Crippen LogP contribution >= 0.6 is 0 Å². The molecule has 3 aromatic rings. The maximum atomic E-state index is 13.5. The van der Waals surface area contributed by atoms with E-state index in [0.29, 0.717) is 28.1 Å². The number of carbonyl (C=O) groups is 2. The lowest BCUT2D eigenvalue weighted by atomic mass is 10.00. The molecule has 0 radical (unpaired) electrons. The number of benzene rings is 2. The summed E-state index contributed by atoms with van der Waals surface area (Å²) in [6.07, 6.45) is -1.03. The summed E-state index contributed by atoms with van der Waals surface area (Å²) in [5.41, 5.74) is 1.49. The third-order valence-corrected chi connectivity index (χ3v) is 4.86. The molecular formula is C25H27FN4O5. The van der Waals surface area contributed by atoms with Gasteiger partial charge in [0, 0.05) is 12.1 Å². The van der Waals surface area contributed by atoms with Gasteiger partial charge in [-0.3, -0.25) is 10.1 Å². The van der Waals surface area contributed by atoms with Crippen LogP contribution in [-0.2, 0) is 15.9 Å². The topological polar surface area (TPSA) is 122 Å². The van der Waals surface area contributed by atoms with Gasteiger partial charge >= 0.3 is 12.2 Å². The van der Waals surface area contributed by atoms with E-state index in [4.69, 9.17) is 4.74 Å². The van der Waals surface area contributed by atoms with Crippen molar-refractivity contribution in [2.45, 2.75) is 38.8 Å². The number of amides is 2. The highest BCUT2D eigenvalue weighted by molar-refractivity contribution is 5.85. The molecule has 0 saturated carbocycles. The largest absolute Gasteiger partial charge is 0.453 e. The van der Waals surface area contributed by atoms with E-state index in [0.717, 1.165) is 0 Å². The van der Waals surface area contributed by atoms with E-state index in [1.54, 1.807) is 63.2 Å². The Morgan fingerprint density at radius 3 is 2.31 bits per heavy atom. The summed E-state index contributed by atoms with van der Waals surface area (Å²) in [6, 6.07) is 13.4. The van der Waals surface area contributed by atoms with Crippen LogP contribution in [0.1, 0.15) is 38.1 Å². The van der Waals surface area contributed by atoms with Gasteiger partial charge in [-0.05, 0) is 62.2 Å². The summed E-state index contributed by atoms with van der Waals surface area (Å²) in [7, 11) is 1.26. The molecule has 9 nitrogen and oxygen atoms in total. The van der Waals surface area contributed by atoms with Gasteiger partial charge in [0.05, 0.1) is 24.4 Å². The van der Waals surface area contributed by atoms with Crippen molar-refractivity contribution in [1.82, 2.24) is 15.5 Å². The number of H-pyrrole nitrogens is 1. The standard InChI is InChI=1S/C25H27FN4O5/c1-25(2,3)35-24(33)28-21(16-5-9-17(26)10-6-16)14-19-13-20(22(31)30-29-19)15-7-11-18(12-8-15)27-23(32)34-4/h5-13,21H,14H2,1-4H3,(H,27,32)(H,28,33)(H,30,31)/t21-/m0/s1. The van der Waals surface area contributed by atoms with Crippen molar-refractivity contribution in [3.8, 4) is 11.1 Å². The van der Waals surface area contributed by atoms with E-state index < -0.39 is 35.2 Å². The van der Waals surface area contributed by atoms with Crippen LogP contribution in [-0.4, -0.2) is 35.1 Å². The minimum Gasteiger partial charge on any atom is -0.453 e. The predicted octanol–water partition coefficient (Wildman–Crippen LogP) is 4.56. The van der Waals surface area contributed by atoms with Gasteiger partial charge in [-0.25, -0.2) is 19.1 Å². The first-order chi connectivity index (χ1) is 16.5. The van der Waals surface area contributed by atoms with Crippen LogP contribution in [0.15, 0.2) is 59.4 Å². The molecule has 0 aliphatic rings. The van der Waals surface area contributed by atoms with E-state index in [1.165, 1.54) is 19.2 Å². The number of aromatic nitrogens is 2. The predicted molar refractivity (Wildman–Crippen MR) is 129 cm³/mol. The molecule has 1 atom stereocenters. The molecule has 0 aliphatic carbocycles. The summed E-state index contributed by atoms with van der Waals surface area (Å²) in [4.78, 5) is 36.3. The van der Waals surface area contributed by atoms with Crippen LogP contribution in [0.2, 0.25) is 0 Å². The van der Waals surface area contributed by atoms with E-state index in [9.17, 15) is 18.8 Å². The van der Waals surface area contributed by atoms with Gasteiger partial charge in [-0.2, -0.15) is 5.10 Å². The molecule has 1 heterocycles. The molecule has 3 N–H and O–H groups in total. The van der Waals surface area contributed by atoms with E-state index in [-0.39, 0.29) is 6.42 Å². The average molecular weight is 483 g/mol. The first kappa shape index (κ1) is 25.4. The number of hydrogen-bond donors (Lipinski definition) is 3. The molecule has 0 unspecified atom stereocenters. The Bertz CT molecular complexity index is 1230. The molecular weight excluding hydrogens is 455 g/mol. The Hall–Kier alpha value is -4.21. The number of nitrogens with zero attached hydrogens (tertiary/aromatic N) is 1. The molecule has 0 fully saturated rings. The molecule has 35 heavy (non-hydrogen) atoms. The van der Waals surface area contributed by atoms with Crippen molar-refractivity contribution in [3.63, 3.8) is 0 Å². The minimum atomic E-state index is -0.699. The molecule has 0 saturated heterocycles. The van der Waals surface area contributed by atoms with Gasteiger partial charge in [0.2, 0.25) is 0 Å². The number of carbonyl (C=O) groups excluding carboxylic acids is 2. The molecule has 184 valence electrons. The fraction of sp³-hybridized carbons (Fsp3) is 0.280. The summed E-state index contributed by atoms with van der Waals surface area (Å²) in [5.74, 6) is -0.403. The van der Waals surface area contributed by atoms with Gasteiger partial charge < -0.3 is 14.8 Å². The van der Waals surface area contributed by atoms with E-state index in [1.807, 2.05) is 0 Å². The van der Waals surface area contributed by atoms with Gasteiger partial charge in [0.25, 0.3) is 5.56 Å². The fourth-order valence-electron chi connectivity index (χ4n) is 3.27. The second kappa shape index (κ2) is 10.8. The van der Waals surface area contributed by atoms with Crippen molar-refractivity contribution in [3.05, 3.63) is 82.0 Å². The van der Waals surface area contributed by atoms with Crippen molar-refractivity contribution in [2.24, 2.45) is 0 Å². The number of rotatable bonds is 6. The summed E-state index contributed by atoms with van der Waals surface area (Å²) in [6.45, 7) is 5.25. The Morgan fingerprint density at radius 2 is 1.71 bits per heavy atom. The van der Waals surface area contributed by atoms with Crippen LogP contribution in [0.5, 0.6) is 0 Å². The Balaban J connectivity index is 1.87. The monoisotopic (exact) mass is 482 g/mol. The lowest BCUT2D eigenvalue weighted by Crippen LogP contribution is -2.36. The lowest BCUT2D eigenvalue weighted by molar-refractivity contribution is 0.0503. The van der Waals surface area contributed by atoms with E-state index in [2.05, 4.69) is 25.6 Å². The third kappa shape index (κ3) is 7.39. The van der Waals surface area contributed by atoms with Gasteiger partial charge in [0.15, 0.2) is 0 Å². The van der Waals surface area contributed by atoms with Crippen LogP contribution in [0, 0.1) is 5.82 Å². The second-order valence-electron chi connectivity index (χ2n) is 8.75. The number of alkyl carbamates (subject to hydrolysis) is 1. The second-order valence-corrected chi connectivity index (χ2v) is 8.75. The first-order valence-electron chi connectivity index (χ1n) is 10.8. The van der Waals surface area contributed by atoms with Gasteiger partial charge in [0.1, 0.15) is 11.4 Å². The molecule has 2 amide bonds. The molecule has 3 rings (SSSR count). The molecule has 0 spiro atoms. The highest BCUT2D eigenvalue weighted by Crippen LogP contribution is 2.23. The normalized spacial score (nSPS) is 11.9. The highest BCUT2D eigenvalue weighted by atomic mass is 19.1. The maximum absolute atomic E-state index is 13.5. The van der Waals surface area contributed by atoms with Gasteiger partial charge in [-0.15, -0.1) is 0 Å². The number of ether oxygens (including phenoxy) is 2. The summed E-state index contributed by atoms with van der Waals surface area (Å²) < 4.78 is 23.4. The van der Waals surface area contributed by atoms with Gasteiger partial charge in [-0.1, -0.05) is 24.3 Å². The van der Waals surface area contributed by atoms with E-state index >= 15 is 0 Å². The smallest absolute Gasteiger partial charge is 0.411 e. The first-order valence-corrected chi connectivity index (χ1v) is 10.8. The van der Waals surface area contributed by atoms with Crippen LogP contribution < -0.4 is 16.2 Å². The number of hydrogen-bond acceptors (Lipinski definition) is 6. The number of nitrogens with one attached hydrogen (secondary N) is 3. The van der Waals surface area contributed by atoms with Crippen LogP contribution in [0.3, 0.4) is 0 Å². The highest BCUT2D eigenvalue weighted by Gasteiger charge is 2.22. The zero-order valence-corrected chi connectivity index (χ0v) is 19.8. The quantitative estimate of drug-likeness (QED) is 0.473.